The van der Waals surface area contributed by atoms with Crippen molar-refractivity contribution in [3.8, 4) is 16.9 Å². The van der Waals surface area contributed by atoms with Gasteiger partial charge in [-0.15, -0.1) is 11.3 Å². The summed E-state index contributed by atoms with van der Waals surface area (Å²) in [6, 6.07) is 15.7. The van der Waals surface area contributed by atoms with Crippen molar-refractivity contribution in [3.63, 3.8) is 0 Å². The van der Waals surface area contributed by atoms with Crippen LogP contribution in [-0.2, 0) is 7.05 Å². The summed E-state index contributed by atoms with van der Waals surface area (Å²) in [5, 5.41) is 7.13. The number of nitrogens with one attached hydrogen (secondary N) is 1. The lowest BCUT2D eigenvalue weighted by Gasteiger charge is -2.34. The van der Waals surface area contributed by atoms with Crippen LogP contribution in [0.5, 0.6) is 5.75 Å². The summed E-state index contributed by atoms with van der Waals surface area (Å²) in [6.45, 7) is 14.5. The number of amides is 1. The highest BCUT2D eigenvalue weighted by atomic mass is 32.1. The molecule has 0 atom stereocenters. The quantitative estimate of drug-likeness (QED) is 0.145. The zero-order valence-electron chi connectivity index (χ0n) is 28.5. The Bertz CT molecular complexity index is 1900. The molecule has 0 unspecified atom stereocenters. The standard InChI is InChI=1S/C38H47N7O2S/c1-5-43(6-2)17-10-18-45-21-19-44(20-22-45)16-9-12-29-25-40-37(39)35-30(26-48-36(29)35)27-14-15-31(34(24-27)47-4)41-38(46)33-23-28-11-7-8-13-32(28)42(33)3/h7-9,11-15,23-26H,5-6,10,16-22H2,1-4H3,(H2,39,40)(H,41,46)/b12-9+. The maximum Gasteiger partial charge on any atom is 0.272 e. The third-order valence-corrected chi connectivity index (χ3v) is 10.6. The van der Waals surface area contributed by atoms with E-state index in [1.54, 1.807) is 18.4 Å². The topological polar surface area (TPSA) is 91.9 Å². The van der Waals surface area contributed by atoms with Crippen molar-refractivity contribution in [3.05, 3.63) is 77.4 Å². The van der Waals surface area contributed by atoms with Crippen LogP contribution < -0.4 is 15.8 Å². The van der Waals surface area contributed by atoms with Crippen molar-refractivity contribution in [2.24, 2.45) is 7.05 Å². The van der Waals surface area contributed by atoms with Gasteiger partial charge in [-0.3, -0.25) is 9.69 Å². The van der Waals surface area contributed by atoms with Gasteiger partial charge in [0.15, 0.2) is 0 Å². The van der Waals surface area contributed by atoms with Crippen LogP contribution in [0.15, 0.2) is 66.2 Å². The molecular weight excluding hydrogens is 619 g/mol. The van der Waals surface area contributed by atoms with E-state index in [4.69, 9.17) is 10.5 Å². The smallest absolute Gasteiger partial charge is 0.272 e. The molecule has 0 spiro atoms. The number of methoxy groups -OCH3 is 1. The fourth-order valence-corrected chi connectivity index (χ4v) is 7.73. The lowest BCUT2D eigenvalue weighted by atomic mass is 10.0. The number of fused-ring (bicyclic) bond motifs is 2. The van der Waals surface area contributed by atoms with Crippen molar-refractivity contribution < 1.29 is 9.53 Å². The Kier molecular flexibility index (Phi) is 10.8. The average molecular weight is 666 g/mol. The number of pyridine rings is 1. The van der Waals surface area contributed by atoms with Gasteiger partial charge in [-0.2, -0.15) is 0 Å². The van der Waals surface area contributed by atoms with Crippen LogP contribution in [0.1, 0.15) is 36.3 Å². The number of aryl methyl sites for hydroxylation is 1. The van der Waals surface area contributed by atoms with Gasteiger partial charge in [-0.25, -0.2) is 4.98 Å². The molecule has 1 aliphatic heterocycles. The van der Waals surface area contributed by atoms with E-state index < -0.39 is 0 Å². The van der Waals surface area contributed by atoms with Crippen molar-refractivity contribution in [1.29, 1.82) is 0 Å². The van der Waals surface area contributed by atoms with Crippen LogP contribution in [0, 0.1) is 0 Å². The number of para-hydroxylation sites is 1. The summed E-state index contributed by atoms with van der Waals surface area (Å²) in [6.07, 6.45) is 7.54. The zero-order chi connectivity index (χ0) is 33.6. The second kappa shape index (κ2) is 15.3. The minimum atomic E-state index is -0.196. The molecule has 1 amide bonds. The van der Waals surface area contributed by atoms with Gasteiger partial charge in [0.2, 0.25) is 0 Å². The molecule has 1 saturated heterocycles. The molecule has 0 radical (unpaired) electrons. The number of nitrogen functional groups attached to an aromatic ring is 1. The van der Waals surface area contributed by atoms with E-state index in [2.05, 4.69) is 56.4 Å². The minimum absolute atomic E-state index is 0.196. The fourth-order valence-electron chi connectivity index (χ4n) is 6.66. The number of thiophene rings is 1. The lowest BCUT2D eigenvalue weighted by Crippen LogP contribution is -2.46. The van der Waals surface area contributed by atoms with E-state index in [0.717, 1.165) is 83.5 Å². The Labute approximate surface area is 287 Å². The number of nitrogens with zero attached hydrogens (tertiary/aromatic N) is 5. The van der Waals surface area contributed by atoms with E-state index in [0.29, 0.717) is 22.9 Å². The largest absolute Gasteiger partial charge is 0.495 e. The molecule has 5 aromatic rings. The highest BCUT2D eigenvalue weighted by molar-refractivity contribution is 7.18. The fraction of sp³-hybridized carbons (Fsp3) is 0.368. The normalized spacial score (nSPS) is 14.5. The number of hydrogen-bond donors (Lipinski definition) is 2. The van der Waals surface area contributed by atoms with Gasteiger partial charge < -0.3 is 30.2 Å². The van der Waals surface area contributed by atoms with E-state index >= 15 is 0 Å². The number of benzene rings is 2. The minimum Gasteiger partial charge on any atom is -0.495 e. The monoisotopic (exact) mass is 665 g/mol. The molecule has 3 N–H and O–H groups in total. The molecule has 1 aliphatic rings. The second-order valence-corrected chi connectivity index (χ2v) is 13.3. The van der Waals surface area contributed by atoms with Crippen LogP contribution in [0.25, 0.3) is 38.2 Å². The highest BCUT2D eigenvalue weighted by Crippen LogP contribution is 2.41. The van der Waals surface area contributed by atoms with Gasteiger partial charge in [0, 0.05) is 78.1 Å². The van der Waals surface area contributed by atoms with Crippen molar-refractivity contribution in [2.45, 2.75) is 20.3 Å². The van der Waals surface area contributed by atoms with Crippen LogP contribution in [0.2, 0.25) is 0 Å². The molecule has 6 rings (SSSR count). The average Bonchev–Trinajstić information content (AvgIpc) is 3.71. The summed E-state index contributed by atoms with van der Waals surface area (Å²) < 4.78 is 8.76. The molecule has 10 heteroatoms. The lowest BCUT2D eigenvalue weighted by molar-refractivity contribution is 0.101. The van der Waals surface area contributed by atoms with Gasteiger partial charge in [-0.1, -0.05) is 50.3 Å². The summed E-state index contributed by atoms with van der Waals surface area (Å²) in [5.41, 5.74) is 11.7. The van der Waals surface area contributed by atoms with Gasteiger partial charge in [0.25, 0.3) is 5.91 Å². The number of anilines is 2. The second-order valence-electron chi connectivity index (χ2n) is 12.4. The molecule has 252 valence electrons. The van der Waals surface area contributed by atoms with Crippen LogP contribution in [0.3, 0.4) is 0 Å². The first-order chi connectivity index (χ1) is 23.4. The summed E-state index contributed by atoms with van der Waals surface area (Å²) in [5.74, 6) is 0.881. The number of carbonyl (C=O) groups is 1. The summed E-state index contributed by atoms with van der Waals surface area (Å²) in [4.78, 5) is 25.5. The maximum absolute atomic E-state index is 13.3. The first kappa shape index (κ1) is 33.7. The molecule has 0 bridgehead atoms. The van der Waals surface area contributed by atoms with Crippen molar-refractivity contribution >= 4 is 55.8 Å². The number of rotatable bonds is 13. The molecule has 9 nitrogen and oxygen atoms in total. The van der Waals surface area contributed by atoms with Gasteiger partial charge in [0.1, 0.15) is 17.3 Å². The third kappa shape index (κ3) is 7.27. The Hall–Kier alpha value is -4.22. The van der Waals surface area contributed by atoms with Crippen molar-refractivity contribution in [1.82, 2.24) is 24.3 Å². The number of aromatic nitrogens is 2. The van der Waals surface area contributed by atoms with E-state index in [1.165, 1.54) is 19.5 Å². The predicted octanol–water partition coefficient (Wildman–Crippen LogP) is 6.66. The van der Waals surface area contributed by atoms with Gasteiger partial charge >= 0.3 is 0 Å². The summed E-state index contributed by atoms with van der Waals surface area (Å²) in [7, 11) is 3.52. The Morgan fingerprint density at radius 3 is 2.60 bits per heavy atom. The number of nitrogens with two attached hydrogens (primary N) is 1. The molecule has 3 aromatic heterocycles. The molecular formula is C38H47N7O2S. The van der Waals surface area contributed by atoms with Gasteiger partial charge in [0.05, 0.1) is 12.8 Å². The summed E-state index contributed by atoms with van der Waals surface area (Å²) >= 11 is 1.67. The SMILES string of the molecule is CCN(CC)CCCN1CCN(C/C=C/c2cnc(N)c3c(-c4ccc(NC(=O)c5cc6ccccc6n5C)c(OC)c4)csc23)CC1. The Morgan fingerprint density at radius 1 is 1.08 bits per heavy atom. The van der Waals surface area contributed by atoms with Crippen LogP contribution in [0.4, 0.5) is 11.5 Å². The number of hydrogen-bond acceptors (Lipinski definition) is 8. The molecule has 1 fully saturated rings. The van der Waals surface area contributed by atoms with Crippen LogP contribution in [-0.4, -0.2) is 96.2 Å². The molecule has 0 aliphatic carbocycles. The Morgan fingerprint density at radius 2 is 1.85 bits per heavy atom. The van der Waals surface area contributed by atoms with E-state index in [9.17, 15) is 4.79 Å². The predicted molar refractivity (Wildman–Crippen MR) is 201 cm³/mol. The zero-order valence-corrected chi connectivity index (χ0v) is 29.4. The van der Waals surface area contributed by atoms with Crippen molar-refractivity contribution in [2.75, 3.05) is 77.1 Å². The third-order valence-electron chi connectivity index (χ3n) is 9.57. The first-order valence-electron chi connectivity index (χ1n) is 16.9. The first-order valence-corrected chi connectivity index (χ1v) is 17.8. The number of carbonyl (C=O) groups excluding carboxylic acids is 1. The van der Waals surface area contributed by atoms with Gasteiger partial charge in [-0.05, 0) is 67.8 Å². The highest BCUT2D eigenvalue weighted by Gasteiger charge is 2.19. The molecule has 48 heavy (non-hydrogen) atoms. The van der Waals surface area contributed by atoms with Crippen LogP contribution >= 0.6 is 11.3 Å². The Balaban J connectivity index is 1.12. The van der Waals surface area contributed by atoms with E-state index in [-0.39, 0.29) is 5.91 Å². The molecule has 2 aromatic carbocycles. The number of piperazine rings is 1. The molecule has 4 heterocycles. The number of ether oxygens (including phenoxy) is 1. The van der Waals surface area contributed by atoms with E-state index in [1.807, 2.05) is 66.3 Å². The maximum atomic E-state index is 13.3. The molecule has 0 saturated carbocycles.